The number of hydrogen-bond donors (Lipinski definition) is 9. The highest BCUT2D eigenvalue weighted by Gasteiger charge is 2.45. The van der Waals surface area contributed by atoms with Gasteiger partial charge in [-0.1, -0.05) is 12.1 Å². The summed E-state index contributed by atoms with van der Waals surface area (Å²) in [6, 6.07) is 7.90. The number of halogens is 1. The molecule has 4 aromatic rings. The molecule has 1 saturated heterocycles. The molecule has 3 heterocycles. The third kappa shape index (κ3) is 5.78. The SMILES string of the molecule is O=P(O)(O)CP(=O)(O)NC[C@H]1O[C@@H](n2cnc3c(Nc4cccc5cc(O)c(O)cc45)nc(Cl)nc32)C(O)C1O. The van der Waals surface area contributed by atoms with Crippen LogP contribution < -0.4 is 10.4 Å². The monoisotopic (exact) mass is 616 g/mol. The maximum atomic E-state index is 12.1. The van der Waals surface area contributed by atoms with E-state index in [0.29, 0.717) is 16.5 Å². The first kappa shape index (κ1) is 28.6. The zero-order chi connectivity index (χ0) is 29.0. The number of aromatic nitrogens is 4. The van der Waals surface area contributed by atoms with Crippen molar-refractivity contribution >= 4 is 60.2 Å². The number of aromatic hydroxyl groups is 2. The van der Waals surface area contributed by atoms with Gasteiger partial charge in [0, 0.05) is 17.6 Å². The lowest BCUT2D eigenvalue weighted by molar-refractivity contribution is -0.0331. The summed E-state index contributed by atoms with van der Waals surface area (Å²) in [6.07, 6.45) is -4.37. The molecule has 3 unspecified atom stereocenters. The first-order valence-corrected chi connectivity index (χ1v) is 15.5. The quantitative estimate of drug-likeness (QED) is 0.0768. The van der Waals surface area contributed by atoms with E-state index in [9.17, 15) is 34.4 Å². The fraction of sp³-hybridized carbons (Fsp3) is 0.286. The molecule has 5 rings (SSSR count). The molecule has 1 aliphatic heterocycles. The van der Waals surface area contributed by atoms with Gasteiger partial charge in [-0.2, -0.15) is 9.97 Å². The Labute approximate surface area is 229 Å². The number of fused-ring (bicyclic) bond motifs is 2. The Morgan fingerprint density at radius 3 is 2.50 bits per heavy atom. The molecule has 1 aliphatic rings. The van der Waals surface area contributed by atoms with E-state index in [-0.39, 0.29) is 33.8 Å². The minimum Gasteiger partial charge on any atom is -0.504 e. The van der Waals surface area contributed by atoms with Crippen molar-refractivity contribution in [1.29, 1.82) is 0 Å². The van der Waals surface area contributed by atoms with Crippen molar-refractivity contribution in [3.05, 3.63) is 41.9 Å². The van der Waals surface area contributed by atoms with E-state index < -0.39 is 52.1 Å². The molecular formula is C21H23ClN6O10P2. The van der Waals surface area contributed by atoms with E-state index in [2.05, 4.69) is 25.4 Å². The van der Waals surface area contributed by atoms with Gasteiger partial charge in [0.05, 0.1) is 6.33 Å². The lowest BCUT2D eigenvalue weighted by atomic mass is 10.1. The second-order valence-corrected chi connectivity index (χ2v) is 13.6. The summed E-state index contributed by atoms with van der Waals surface area (Å²) < 4.78 is 30.2. The summed E-state index contributed by atoms with van der Waals surface area (Å²) in [4.78, 5) is 40.4. The Kier molecular flexibility index (Phi) is 7.52. The molecule has 40 heavy (non-hydrogen) atoms. The van der Waals surface area contributed by atoms with Crippen LogP contribution in [0.2, 0.25) is 5.28 Å². The highest BCUT2D eigenvalue weighted by Crippen LogP contribution is 2.52. The van der Waals surface area contributed by atoms with Crippen molar-refractivity contribution in [3.8, 4) is 11.5 Å². The van der Waals surface area contributed by atoms with Crippen molar-refractivity contribution in [1.82, 2.24) is 24.6 Å². The predicted molar refractivity (Wildman–Crippen MR) is 142 cm³/mol. The number of nitrogens with one attached hydrogen (secondary N) is 2. The number of imidazole rings is 1. The molecule has 9 N–H and O–H groups in total. The topological polar surface area (TPSA) is 253 Å². The van der Waals surface area contributed by atoms with Gasteiger partial charge >= 0.3 is 7.60 Å². The van der Waals surface area contributed by atoms with E-state index in [1.54, 1.807) is 18.2 Å². The number of benzene rings is 2. The van der Waals surface area contributed by atoms with Gasteiger partial charge in [-0.15, -0.1) is 0 Å². The van der Waals surface area contributed by atoms with Gasteiger partial charge < -0.3 is 45.2 Å². The minimum absolute atomic E-state index is 0.0995. The molecule has 214 valence electrons. The van der Waals surface area contributed by atoms with Crippen LogP contribution in [0.25, 0.3) is 21.9 Å². The van der Waals surface area contributed by atoms with E-state index in [0.717, 1.165) is 0 Å². The highest BCUT2D eigenvalue weighted by molar-refractivity contribution is 7.71. The van der Waals surface area contributed by atoms with Gasteiger partial charge in [-0.25, -0.2) is 10.1 Å². The molecule has 5 atom stereocenters. The second kappa shape index (κ2) is 10.5. The van der Waals surface area contributed by atoms with E-state index in [4.69, 9.17) is 26.1 Å². The normalized spacial score (nSPS) is 23.1. The van der Waals surface area contributed by atoms with Crippen molar-refractivity contribution < 1.29 is 49.0 Å². The van der Waals surface area contributed by atoms with Crippen LogP contribution in [0.3, 0.4) is 0 Å². The zero-order valence-electron chi connectivity index (χ0n) is 20.1. The van der Waals surface area contributed by atoms with Crippen molar-refractivity contribution in [2.24, 2.45) is 0 Å². The number of phenolic OH excluding ortho intramolecular Hbond substituents is 2. The number of aliphatic hydroxyl groups excluding tert-OH is 2. The van der Waals surface area contributed by atoms with Gasteiger partial charge in [0.25, 0.3) is 7.52 Å². The minimum atomic E-state index is -4.81. The van der Waals surface area contributed by atoms with E-state index in [1.165, 1.54) is 23.0 Å². The number of anilines is 2. The first-order chi connectivity index (χ1) is 18.7. The van der Waals surface area contributed by atoms with Gasteiger partial charge in [0.15, 0.2) is 34.7 Å². The summed E-state index contributed by atoms with van der Waals surface area (Å²) in [5.41, 5.74) is 0.779. The standard InChI is InChI=1S/C21H23ClN6O10P2/c22-21-26-18(25-11-3-1-2-9-4-12(29)13(30)5-10(9)11)15-19(27-21)28(7-23-15)20-17(32)16(31)14(38-20)6-24-39(33,34)8-40(35,36)37/h1-5,7,14,16-17,20,29-32H,6,8H2,(H2,24,33,34)(H,25,26,27)(H2,35,36,37)/t14-,16?,17?,20-/m1/s1. The molecule has 16 nitrogen and oxygen atoms in total. The fourth-order valence-corrected chi connectivity index (χ4v) is 7.39. The molecule has 0 spiro atoms. The van der Waals surface area contributed by atoms with Crippen LogP contribution in [-0.2, 0) is 13.9 Å². The van der Waals surface area contributed by atoms with Crippen LogP contribution in [0, 0.1) is 0 Å². The summed E-state index contributed by atoms with van der Waals surface area (Å²) in [7, 11) is -9.29. The average Bonchev–Trinajstić information content (AvgIpc) is 3.38. The van der Waals surface area contributed by atoms with Crippen LogP contribution in [0.4, 0.5) is 11.5 Å². The van der Waals surface area contributed by atoms with Gasteiger partial charge in [0.1, 0.15) is 24.2 Å². The number of ether oxygens (including phenoxy) is 1. The maximum absolute atomic E-state index is 12.1. The fourth-order valence-electron chi connectivity index (χ4n) is 4.36. The lowest BCUT2D eigenvalue weighted by Crippen LogP contribution is -2.37. The molecule has 0 aliphatic carbocycles. The zero-order valence-corrected chi connectivity index (χ0v) is 22.6. The maximum Gasteiger partial charge on any atom is 0.336 e. The lowest BCUT2D eigenvalue weighted by Gasteiger charge is -2.19. The molecule has 0 bridgehead atoms. The van der Waals surface area contributed by atoms with Crippen molar-refractivity contribution in [2.45, 2.75) is 24.5 Å². The van der Waals surface area contributed by atoms with Crippen LogP contribution >= 0.6 is 26.7 Å². The average molecular weight is 617 g/mol. The Bertz CT molecular complexity index is 1700. The number of aliphatic hydroxyl groups is 2. The van der Waals surface area contributed by atoms with Gasteiger partial charge in [-0.3, -0.25) is 13.7 Å². The number of rotatable bonds is 8. The molecule has 0 radical (unpaired) electrons. The van der Waals surface area contributed by atoms with Crippen LogP contribution in [0.1, 0.15) is 6.23 Å². The molecule has 1 fully saturated rings. The summed E-state index contributed by atoms with van der Waals surface area (Å²) >= 11 is 6.17. The van der Waals surface area contributed by atoms with Crippen molar-refractivity contribution in [3.63, 3.8) is 0 Å². The van der Waals surface area contributed by atoms with E-state index in [1.807, 2.05) is 0 Å². The van der Waals surface area contributed by atoms with Gasteiger partial charge in [-0.05, 0) is 35.2 Å². The van der Waals surface area contributed by atoms with Crippen molar-refractivity contribution in [2.75, 3.05) is 17.8 Å². The number of hydrogen-bond acceptors (Lipinski definition) is 11. The molecular weight excluding hydrogens is 594 g/mol. The predicted octanol–water partition coefficient (Wildman–Crippen LogP) is 1.32. The van der Waals surface area contributed by atoms with E-state index >= 15 is 0 Å². The molecule has 19 heteroatoms. The van der Waals surface area contributed by atoms with Crippen LogP contribution in [-0.4, -0.2) is 85.4 Å². The third-order valence-electron chi connectivity index (χ3n) is 6.15. The van der Waals surface area contributed by atoms with Crippen LogP contribution in [0.5, 0.6) is 11.5 Å². The Balaban J connectivity index is 1.43. The third-order valence-corrected chi connectivity index (χ3v) is 10.0. The Hall–Kier alpha value is -2.88. The number of phenols is 2. The largest absolute Gasteiger partial charge is 0.504 e. The summed E-state index contributed by atoms with van der Waals surface area (Å²) in [6.45, 7) is -0.513. The smallest absolute Gasteiger partial charge is 0.336 e. The molecule has 0 saturated carbocycles. The molecule has 2 aromatic heterocycles. The first-order valence-electron chi connectivity index (χ1n) is 11.5. The summed E-state index contributed by atoms with van der Waals surface area (Å²) in [5.74, 6) is -1.78. The Morgan fingerprint density at radius 2 is 1.77 bits per heavy atom. The Morgan fingerprint density at radius 1 is 1.05 bits per heavy atom. The molecule has 2 aromatic carbocycles. The van der Waals surface area contributed by atoms with Gasteiger partial charge in [0.2, 0.25) is 5.28 Å². The summed E-state index contributed by atoms with van der Waals surface area (Å²) in [5, 5.41) is 47.1. The number of nitrogens with zero attached hydrogens (tertiary/aromatic N) is 4. The molecule has 0 amide bonds. The van der Waals surface area contributed by atoms with Crippen LogP contribution in [0.15, 0.2) is 36.7 Å². The second-order valence-electron chi connectivity index (χ2n) is 9.07. The highest BCUT2D eigenvalue weighted by atomic mass is 35.5.